The Morgan fingerprint density at radius 2 is 1.53 bits per heavy atom. The first-order chi connectivity index (χ1) is 23.7. The number of hydrogen-bond acceptors (Lipinski definition) is 5. The third-order valence-corrected chi connectivity index (χ3v) is 9.16. The molecule has 0 spiro atoms. The van der Waals surface area contributed by atoms with Gasteiger partial charge in [-0.2, -0.15) is 0 Å². The Kier molecular flexibility index (Phi) is 12.7. The molecule has 0 fully saturated rings. The van der Waals surface area contributed by atoms with Crippen molar-refractivity contribution in [1.82, 2.24) is 14.5 Å². The second-order valence-electron chi connectivity index (χ2n) is 13.6. The van der Waals surface area contributed by atoms with Gasteiger partial charge in [0.15, 0.2) is 0 Å². The first-order valence-corrected chi connectivity index (χ1v) is 18.2. The van der Waals surface area contributed by atoms with Crippen LogP contribution in [0.4, 0.5) is 0 Å². The molecule has 0 unspecified atom stereocenters. The molecule has 260 valence electrons. The number of aromatic nitrogens is 2. The van der Waals surface area contributed by atoms with Gasteiger partial charge >= 0.3 is 0 Å². The van der Waals surface area contributed by atoms with Crippen molar-refractivity contribution in [1.29, 1.82) is 0 Å². The Morgan fingerprint density at radius 3 is 2.24 bits per heavy atom. The van der Waals surface area contributed by atoms with Crippen molar-refractivity contribution >= 4 is 22.6 Å². The minimum Gasteiger partial charge on any atom is -0.493 e. The molecule has 0 aliphatic rings. The van der Waals surface area contributed by atoms with Crippen molar-refractivity contribution in [3.63, 3.8) is 0 Å². The fraction of sp³-hybridized carbons (Fsp3) is 0.405. The van der Waals surface area contributed by atoms with E-state index in [4.69, 9.17) is 30.8 Å². The molecule has 6 nitrogen and oxygen atoms in total. The zero-order chi connectivity index (χ0) is 34.8. The summed E-state index contributed by atoms with van der Waals surface area (Å²) in [5.74, 6) is 4.05. The van der Waals surface area contributed by atoms with Crippen LogP contribution in [0.5, 0.6) is 23.0 Å². The molecular formula is C42H52ClN3O3. The number of ether oxygens (including phenoxy) is 3. The predicted molar refractivity (Wildman–Crippen MR) is 204 cm³/mol. The van der Waals surface area contributed by atoms with Crippen LogP contribution < -0.4 is 14.2 Å². The number of hydrogen-bond donors (Lipinski definition) is 0. The maximum atomic E-state index is 6.54. The molecule has 0 bridgehead atoms. The number of unbranched alkanes of at least 4 members (excludes halogenated alkanes) is 1. The standard InChI is InChI=1S/C42H52ClN3O3/c1-7-10-25-46-39-29-36(49-34-17-15-32(16-18-34)42(4,5)6)20-22-38(39)44-41(46)37-21-19-35(47-27-23-31-13-11-14-33(43)28-31)30-40(37)48-26-12-24-45(8-2)9-3/h11,13-22,28-30H,7-10,12,23-27H2,1-6H3. The Hall–Kier alpha value is -4.00. The van der Waals surface area contributed by atoms with E-state index in [2.05, 4.69) is 87.4 Å². The lowest BCUT2D eigenvalue weighted by Crippen LogP contribution is -2.25. The monoisotopic (exact) mass is 681 g/mol. The summed E-state index contributed by atoms with van der Waals surface area (Å²) in [7, 11) is 0. The Morgan fingerprint density at radius 1 is 0.776 bits per heavy atom. The van der Waals surface area contributed by atoms with Gasteiger partial charge < -0.3 is 23.7 Å². The van der Waals surface area contributed by atoms with Crippen LogP contribution >= 0.6 is 11.6 Å². The molecule has 5 aromatic rings. The van der Waals surface area contributed by atoms with Gasteiger partial charge in [0, 0.05) is 36.7 Å². The zero-order valence-corrected chi connectivity index (χ0v) is 30.9. The van der Waals surface area contributed by atoms with Crippen LogP contribution in [0.2, 0.25) is 5.02 Å². The van der Waals surface area contributed by atoms with Gasteiger partial charge in [-0.25, -0.2) is 4.98 Å². The van der Waals surface area contributed by atoms with E-state index in [9.17, 15) is 0 Å². The summed E-state index contributed by atoms with van der Waals surface area (Å²) in [6, 6.07) is 28.6. The van der Waals surface area contributed by atoms with Gasteiger partial charge in [-0.3, -0.25) is 0 Å². The van der Waals surface area contributed by atoms with Crippen molar-refractivity contribution in [3.05, 3.63) is 101 Å². The quantitative estimate of drug-likeness (QED) is 0.0914. The SMILES string of the molecule is CCCCn1c(-c2ccc(OCCc3cccc(Cl)c3)cc2OCCCN(CC)CC)nc2ccc(Oc3ccc(C(C)(C)C)cc3)cc21. The summed E-state index contributed by atoms with van der Waals surface area (Å²) >= 11 is 6.20. The van der Waals surface area contributed by atoms with Crippen molar-refractivity contribution in [2.75, 3.05) is 32.8 Å². The van der Waals surface area contributed by atoms with Crippen LogP contribution in [0.3, 0.4) is 0 Å². The highest BCUT2D eigenvalue weighted by atomic mass is 35.5. The first kappa shape index (κ1) is 36.3. The van der Waals surface area contributed by atoms with Gasteiger partial charge in [-0.15, -0.1) is 0 Å². The molecule has 0 atom stereocenters. The minimum absolute atomic E-state index is 0.0921. The average Bonchev–Trinajstić information content (AvgIpc) is 3.44. The number of halogens is 1. The molecule has 0 saturated heterocycles. The molecule has 49 heavy (non-hydrogen) atoms. The van der Waals surface area contributed by atoms with Crippen LogP contribution in [-0.4, -0.2) is 47.3 Å². The second kappa shape index (κ2) is 17.1. The Balaban J connectivity index is 1.44. The first-order valence-electron chi connectivity index (χ1n) is 17.8. The minimum atomic E-state index is 0.0921. The summed E-state index contributed by atoms with van der Waals surface area (Å²) in [4.78, 5) is 7.59. The van der Waals surface area contributed by atoms with Crippen LogP contribution in [-0.2, 0) is 18.4 Å². The highest BCUT2D eigenvalue weighted by molar-refractivity contribution is 6.30. The van der Waals surface area contributed by atoms with E-state index < -0.39 is 0 Å². The van der Waals surface area contributed by atoms with Gasteiger partial charge in [0.2, 0.25) is 0 Å². The smallest absolute Gasteiger partial charge is 0.144 e. The topological polar surface area (TPSA) is 48.8 Å². The van der Waals surface area contributed by atoms with Crippen molar-refractivity contribution < 1.29 is 14.2 Å². The lowest BCUT2D eigenvalue weighted by molar-refractivity contribution is 0.248. The van der Waals surface area contributed by atoms with E-state index in [-0.39, 0.29) is 5.41 Å². The van der Waals surface area contributed by atoms with Gasteiger partial charge in [-0.1, -0.05) is 83.8 Å². The van der Waals surface area contributed by atoms with Crippen molar-refractivity contribution in [2.24, 2.45) is 0 Å². The number of fused-ring (bicyclic) bond motifs is 1. The summed E-state index contributed by atoms with van der Waals surface area (Å²) in [5.41, 5.74) is 5.44. The van der Waals surface area contributed by atoms with Gasteiger partial charge in [-0.05, 0) is 91.0 Å². The summed E-state index contributed by atoms with van der Waals surface area (Å²) in [5, 5.41) is 0.738. The normalized spacial score (nSPS) is 11.8. The fourth-order valence-corrected chi connectivity index (χ4v) is 6.17. The molecule has 0 aliphatic carbocycles. The highest BCUT2D eigenvalue weighted by Crippen LogP contribution is 2.37. The van der Waals surface area contributed by atoms with Gasteiger partial charge in [0.1, 0.15) is 28.8 Å². The Bertz CT molecular complexity index is 1790. The van der Waals surface area contributed by atoms with Crippen molar-refractivity contribution in [3.8, 4) is 34.4 Å². The molecule has 0 saturated carbocycles. The Labute approximate surface area is 298 Å². The molecule has 1 heterocycles. The predicted octanol–water partition coefficient (Wildman–Crippen LogP) is 11.0. The largest absolute Gasteiger partial charge is 0.493 e. The molecular weight excluding hydrogens is 630 g/mol. The van der Waals surface area contributed by atoms with E-state index >= 15 is 0 Å². The molecule has 0 N–H and O–H groups in total. The molecule has 5 rings (SSSR count). The van der Waals surface area contributed by atoms with E-state index in [1.807, 2.05) is 48.5 Å². The average molecular weight is 682 g/mol. The summed E-state index contributed by atoms with van der Waals surface area (Å²) < 4.78 is 21.4. The molecule has 1 aromatic heterocycles. The number of nitrogens with zero attached hydrogens (tertiary/aromatic N) is 3. The van der Waals surface area contributed by atoms with E-state index in [1.165, 1.54) is 5.56 Å². The summed E-state index contributed by atoms with van der Waals surface area (Å²) in [6.45, 7) is 18.3. The van der Waals surface area contributed by atoms with E-state index in [0.717, 1.165) is 108 Å². The van der Waals surface area contributed by atoms with Gasteiger partial charge in [0.05, 0.1) is 29.8 Å². The molecule has 4 aromatic carbocycles. The summed E-state index contributed by atoms with van der Waals surface area (Å²) in [6.07, 6.45) is 3.80. The van der Waals surface area contributed by atoms with E-state index in [1.54, 1.807) is 0 Å². The highest BCUT2D eigenvalue weighted by Gasteiger charge is 2.19. The molecule has 0 radical (unpaired) electrons. The lowest BCUT2D eigenvalue weighted by atomic mass is 9.87. The number of benzene rings is 4. The van der Waals surface area contributed by atoms with E-state index in [0.29, 0.717) is 13.2 Å². The molecule has 0 amide bonds. The fourth-order valence-electron chi connectivity index (χ4n) is 5.96. The number of imidazole rings is 1. The van der Waals surface area contributed by atoms with Crippen LogP contribution in [0.25, 0.3) is 22.4 Å². The third kappa shape index (κ3) is 9.80. The number of rotatable bonds is 17. The molecule has 0 aliphatic heterocycles. The van der Waals surface area contributed by atoms with Crippen LogP contribution in [0, 0.1) is 0 Å². The van der Waals surface area contributed by atoms with Gasteiger partial charge in [0.25, 0.3) is 0 Å². The maximum Gasteiger partial charge on any atom is 0.144 e. The third-order valence-electron chi connectivity index (χ3n) is 8.92. The molecule has 7 heteroatoms. The number of aryl methyl sites for hydroxylation is 1. The van der Waals surface area contributed by atoms with Crippen LogP contribution in [0.15, 0.2) is 84.9 Å². The van der Waals surface area contributed by atoms with Crippen LogP contribution in [0.1, 0.15) is 71.9 Å². The van der Waals surface area contributed by atoms with Crippen molar-refractivity contribution in [2.45, 2.75) is 79.2 Å². The maximum absolute atomic E-state index is 6.54. The lowest BCUT2D eigenvalue weighted by Gasteiger charge is -2.19. The second-order valence-corrected chi connectivity index (χ2v) is 14.0. The zero-order valence-electron chi connectivity index (χ0n) is 30.1.